The quantitative estimate of drug-likeness (QED) is 0.695. The van der Waals surface area contributed by atoms with E-state index in [0.29, 0.717) is 30.5 Å². The summed E-state index contributed by atoms with van der Waals surface area (Å²) in [5, 5.41) is 5.81. The van der Waals surface area contributed by atoms with Gasteiger partial charge in [-0.05, 0) is 55.5 Å². The lowest BCUT2D eigenvalue weighted by atomic mass is 10.0. The highest BCUT2D eigenvalue weighted by atomic mass is 16.2. The van der Waals surface area contributed by atoms with Crippen LogP contribution in [0.25, 0.3) is 0 Å². The summed E-state index contributed by atoms with van der Waals surface area (Å²) in [4.78, 5) is 40.8. The topological polar surface area (TPSA) is 81.8 Å². The van der Waals surface area contributed by atoms with Crippen LogP contribution in [0.3, 0.4) is 0 Å². The summed E-state index contributed by atoms with van der Waals surface area (Å²) in [7, 11) is 0. The second kappa shape index (κ2) is 8.86. The van der Waals surface area contributed by atoms with Gasteiger partial charge in [0.2, 0.25) is 11.8 Å². The number of nitrogens with one attached hydrogen (secondary N) is 2. The molecule has 2 saturated heterocycles. The summed E-state index contributed by atoms with van der Waals surface area (Å²) in [5.74, 6) is -0.130. The van der Waals surface area contributed by atoms with Crippen molar-refractivity contribution in [3.63, 3.8) is 0 Å². The Morgan fingerprint density at radius 1 is 1.13 bits per heavy atom. The second-order valence-electron chi connectivity index (χ2n) is 9.20. The highest BCUT2D eigenvalue weighted by Crippen LogP contribution is 2.29. The monoisotopic (exact) mass is 412 g/mol. The summed E-state index contributed by atoms with van der Waals surface area (Å²) in [5.41, 5.74) is 2.88. The third-order valence-electron chi connectivity index (χ3n) is 6.40. The smallest absolute Gasteiger partial charge is 0.255 e. The van der Waals surface area contributed by atoms with Crippen molar-refractivity contribution in [2.75, 3.05) is 19.6 Å². The van der Waals surface area contributed by atoms with Gasteiger partial charge < -0.3 is 10.2 Å². The molecule has 30 heavy (non-hydrogen) atoms. The van der Waals surface area contributed by atoms with Gasteiger partial charge in [0.25, 0.3) is 5.91 Å². The van der Waals surface area contributed by atoms with E-state index in [-0.39, 0.29) is 24.1 Å². The lowest BCUT2D eigenvalue weighted by Crippen LogP contribution is -2.52. The van der Waals surface area contributed by atoms with Gasteiger partial charge in [0.1, 0.15) is 6.04 Å². The maximum atomic E-state index is 12.9. The molecular formula is C23H32N4O3. The Morgan fingerprint density at radius 3 is 2.60 bits per heavy atom. The van der Waals surface area contributed by atoms with Gasteiger partial charge in [-0.25, -0.2) is 0 Å². The lowest BCUT2D eigenvalue weighted by Gasteiger charge is -2.36. The summed E-state index contributed by atoms with van der Waals surface area (Å²) in [6.07, 6.45) is 3.01. The van der Waals surface area contributed by atoms with Crippen LogP contribution in [0, 0.1) is 5.92 Å². The van der Waals surface area contributed by atoms with Crippen LogP contribution < -0.4 is 10.6 Å². The summed E-state index contributed by atoms with van der Waals surface area (Å²) >= 11 is 0. The number of piperidine rings is 2. The molecule has 3 amide bonds. The van der Waals surface area contributed by atoms with E-state index in [2.05, 4.69) is 41.5 Å². The minimum Gasteiger partial charge on any atom is -0.322 e. The van der Waals surface area contributed by atoms with E-state index in [1.807, 2.05) is 6.07 Å². The van der Waals surface area contributed by atoms with E-state index in [1.54, 1.807) is 4.90 Å². The van der Waals surface area contributed by atoms with Crippen molar-refractivity contribution < 1.29 is 14.4 Å². The van der Waals surface area contributed by atoms with Crippen LogP contribution >= 0.6 is 0 Å². The maximum Gasteiger partial charge on any atom is 0.255 e. The van der Waals surface area contributed by atoms with Crippen LogP contribution in [0.1, 0.15) is 61.0 Å². The van der Waals surface area contributed by atoms with Gasteiger partial charge in [0.05, 0.1) is 0 Å². The minimum absolute atomic E-state index is 0.108. The van der Waals surface area contributed by atoms with Gasteiger partial charge in [-0.2, -0.15) is 0 Å². The highest BCUT2D eigenvalue weighted by molar-refractivity contribution is 6.05. The number of nitrogens with zero attached hydrogens (tertiary/aromatic N) is 2. The number of hydrogen-bond acceptors (Lipinski definition) is 5. The van der Waals surface area contributed by atoms with Crippen LogP contribution in [0.5, 0.6) is 0 Å². The number of imide groups is 1. The molecule has 0 bridgehead atoms. The number of amides is 3. The molecule has 1 unspecified atom stereocenters. The summed E-state index contributed by atoms with van der Waals surface area (Å²) < 4.78 is 0. The predicted octanol–water partition coefficient (Wildman–Crippen LogP) is 1.66. The Bertz CT molecular complexity index is 832. The third-order valence-corrected chi connectivity index (χ3v) is 6.40. The van der Waals surface area contributed by atoms with Crippen molar-refractivity contribution in [2.24, 2.45) is 5.92 Å². The standard InChI is InChI=1S/C23H32N4O3/c1-15(2)12-26(18-7-9-24-10-8-18)13-16-3-4-19-17(11-16)14-27(23(19)30)20-5-6-21(28)25-22(20)29/h3-4,11,15,18,20,24H,5-10,12-14H2,1-2H3,(H,25,28,29). The number of benzene rings is 1. The predicted molar refractivity (Wildman–Crippen MR) is 114 cm³/mol. The number of carbonyl (C=O) groups excluding carboxylic acids is 3. The number of rotatable bonds is 6. The maximum absolute atomic E-state index is 12.9. The molecule has 2 N–H and O–H groups in total. The summed E-state index contributed by atoms with van der Waals surface area (Å²) in [6, 6.07) is 6.13. The molecule has 4 rings (SSSR count). The Morgan fingerprint density at radius 2 is 1.90 bits per heavy atom. The molecule has 0 radical (unpaired) electrons. The van der Waals surface area contributed by atoms with Crippen molar-refractivity contribution in [1.29, 1.82) is 0 Å². The SMILES string of the molecule is CC(C)CN(Cc1ccc2c(c1)CN(C1CCC(=O)NC1=O)C2=O)C1CCNCC1. The lowest BCUT2D eigenvalue weighted by molar-refractivity contribution is -0.136. The molecule has 162 valence electrons. The van der Waals surface area contributed by atoms with Gasteiger partial charge >= 0.3 is 0 Å². The van der Waals surface area contributed by atoms with E-state index in [9.17, 15) is 14.4 Å². The van der Waals surface area contributed by atoms with E-state index < -0.39 is 6.04 Å². The Balaban J connectivity index is 1.49. The first-order valence-corrected chi connectivity index (χ1v) is 11.1. The molecule has 3 aliphatic rings. The van der Waals surface area contributed by atoms with Crippen molar-refractivity contribution >= 4 is 17.7 Å². The molecule has 3 aliphatic heterocycles. The van der Waals surface area contributed by atoms with Gasteiger partial charge in [-0.3, -0.25) is 24.6 Å². The molecule has 1 aromatic rings. The van der Waals surface area contributed by atoms with Crippen molar-refractivity contribution in [1.82, 2.24) is 20.4 Å². The molecule has 2 fully saturated rings. The van der Waals surface area contributed by atoms with Crippen molar-refractivity contribution in [3.05, 3.63) is 34.9 Å². The minimum atomic E-state index is -0.557. The average molecular weight is 413 g/mol. The van der Waals surface area contributed by atoms with Crippen LogP contribution in [-0.2, 0) is 22.7 Å². The van der Waals surface area contributed by atoms with Gasteiger partial charge in [0, 0.05) is 37.7 Å². The average Bonchev–Trinajstić information content (AvgIpc) is 3.03. The van der Waals surface area contributed by atoms with Crippen molar-refractivity contribution in [3.8, 4) is 0 Å². The van der Waals surface area contributed by atoms with E-state index in [0.717, 1.165) is 31.7 Å². The molecule has 0 aliphatic carbocycles. The molecule has 1 aromatic carbocycles. The summed E-state index contributed by atoms with van der Waals surface area (Å²) in [6.45, 7) is 9.02. The molecule has 0 saturated carbocycles. The Kier molecular flexibility index (Phi) is 6.20. The molecule has 1 atom stereocenters. The molecule has 0 aromatic heterocycles. The number of carbonyl (C=O) groups is 3. The van der Waals surface area contributed by atoms with Crippen molar-refractivity contribution in [2.45, 2.75) is 64.7 Å². The first-order valence-electron chi connectivity index (χ1n) is 11.1. The first-order chi connectivity index (χ1) is 14.4. The fourth-order valence-electron chi connectivity index (χ4n) is 4.94. The van der Waals surface area contributed by atoms with Crippen LogP contribution in [0.15, 0.2) is 18.2 Å². The normalized spacial score (nSPS) is 22.7. The molecule has 0 spiro atoms. The molecule has 7 nitrogen and oxygen atoms in total. The van der Waals surface area contributed by atoms with E-state index in [4.69, 9.17) is 0 Å². The fourth-order valence-corrected chi connectivity index (χ4v) is 4.94. The zero-order valence-corrected chi connectivity index (χ0v) is 17.9. The largest absolute Gasteiger partial charge is 0.322 e. The van der Waals surface area contributed by atoms with E-state index >= 15 is 0 Å². The third kappa shape index (κ3) is 4.42. The number of fused-ring (bicyclic) bond motifs is 1. The van der Waals surface area contributed by atoms with Crippen LogP contribution in [-0.4, -0.2) is 59.2 Å². The van der Waals surface area contributed by atoms with Gasteiger partial charge in [-0.15, -0.1) is 0 Å². The fraction of sp³-hybridized carbons (Fsp3) is 0.609. The molecular weight excluding hydrogens is 380 g/mol. The zero-order valence-electron chi connectivity index (χ0n) is 17.9. The van der Waals surface area contributed by atoms with Gasteiger partial charge in [-0.1, -0.05) is 26.0 Å². The first kappa shape index (κ1) is 21.0. The highest BCUT2D eigenvalue weighted by Gasteiger charge is 2.39. The van der Waals surface area contributed by atoms with Crippen LogP contribution in [0.4, 0.5) is 0 Å². The molecule has 7 heteroatoms. The molecule has 3 heterocycles. The second-order valence-corrected chi connectivity index (χ2v) is 9.20. The number of hydrogen-bond donors (Lipinski definition) is 2. The van der Waals surface area contributed by atoms with Gasteiger partial charge in [0.15, 0.2) is 0 Å². The van der Waals surface area contributed by atoms with Crippen LogP contribution in [0.2, 0.25) is 0 Å². The zero-order chi connectivity index (χ0) is 21.3. The Hall–Kier alpha value is -2.25. The van der Waals surface area contributed by atoms with E-state index in [1.165, 1.54) is 18.4 Å². The Labute approximate surface area is 178 Å².